The maximum absolute atomic E-state index is 13.6. The molecular weight excluding hydrogens is 727 g/mol. The predicted octanol–water partition coefficient (Wildman–Crippen LogP) is 7.06. The fourth-order valence-electron chi connectivity index (χ4n) is 7.24. The number of carbonyl (C=O) groups excluding carboxylic acids is 4. The van der Waals surface area contributed by atoms with Crippen LogP contribution in [-0.2, 0) is 28.7 Å². The van der Waals surface area contributed by atoms with Gasteiger partial charge in [-0.3, -0.25) is 19.6 Å². The molecule has 0 spiro atoms. The normalized spacial score (nSPS) is 19.3. The maximum atomic E-state index is 13.6. The van der Waals surface area contributed by atoms with Crippen molar-refractivity contribution in [2.45, 2.75) is 167 Å². The van der Waals surface area contributed by atoms with Crippen molar-refractivity contribution in [3.63, 3.8) is 0 Å². The largest absolute Gasteiger partial charge is 0.507 e. The Morgan fingerprint density at radius 3 is 2.30 bits per heavy atom. The Morgan fingerprint density at radius 1 is 0.982 bits per heavy atom. The van der Waals surface area contributed by atoms with Gasteiger partial charge in [-0.05, 0) is 64.0 Å². The summed E-state index contributed by atoms with van der Waals surface area (Å²) >= 11 is 0. The Morgan fingerprint density at radius 2 is 1.63 bits per heavy atom. The molecule has 2 aliphatic heterocycles. The first kappa shape index (κ1) is 47.7. The molecule has 3 amide bonds. The van der Waals surface area contributed by atoms with Gasteiger partial charge in [0.2, 0.25) is 17.7 Å². The summed E-state index contributed by atoms with van der Waals surface area (Å²) < 4.78 is 11.4. The molecule has 57 heavy (non-hydrogen) atoms. The molecule has 0 aliphatic carbocycles. The molecule has 322 valence electrons. The van der Waals surface area contributed by atoms with Crippen LogP contribution >= 0.6 is 0 Å². The fraction of sp³-hybridized carbons (Fsp3) is 0.750. The zero-order chi connectivity index (χ0) is 41.5. The fourth-order valence-corrected chi connectivity index (χ4v) is 7.24. The molecule has 1 saturated heterocycles. The quantitative estimate of drug-likeness (QED) is 0.0300. The molecular formula is C44H73N5O8. The van der Waals surface area contributed by atoms with Crippen molar-refractivity contribution in [1.82, 2.24) is 20.6 Å². The van der Waals surface area contributed by atoms with Crippen LogP contribution in [-0.4, -0.2) is 107 Å². The van der Waals surface area contributed by atoms with Crippen LogP contribution in [0.15, 0.2) is 29.3 Å². The van der Waals surface area contributed by atoms with E-state index >= 15 is 0 Å². The Hall–Kier alpha value is -3.71. The van der Waals surface area contributed by atoms with E-state index in [0.717, 1.165) is 50.1 Å². The van der Waals surface area contributed by atoms with E-state index < -0.39 is 23.5 Å². The lowest BCUT2D eigenvalue weighted by Gasteiger charge is -2.25. The third-order valence-electron chi connectivity index (χ3n) is 11.1. The van der Waals surface area contributed by atoms with Crippen LogP contribution in [0.25, 0.3) is 0 Å². The second-order valence-electron chi connectivity index (χ2n) is 16.5. The summed E-state index contributed by atoms with van der Waals surface area (Å²) in [6, 6.07) is 5.28. The topological polar surface area (TPSA) is 170 Å². The predicted molar refractivity (Wildman–Crippen MR) is 222 cm³/mol. The van der Waals surface area contributed by atoms with Crippen molar-refractivity contribution in [3.8, 4) is 5.75 Å². The highest BCUT2D eigenvalue weighted by atomic mass is 16.5. The summed E-state index contributed by atoms with van der Waals surface area (Å²) in [7, 11) is 1.81. The Balaban J connectivity index is 1.44. The maximum Gasteiger partial charge on any atom is 0.328 e. The lowest BCUT2D eigenvalue weighted by Crippen LogP contribution is -2.51. The van der Waals surface area contributed by atoms with Gasteiger partial charge in [0.25, 0.3) is 5.91 Å². The van der Waals surface area contributed by atoms with Crippen LogP contribution in [0.4, 0.5) is 0 Å². The third kappa shape index (κ3) is 17.4. The molecule has 4 atom stereocenters. The zero-order valence-electron chi connectivity index (χ0n) is 35.4. The van der Waals surface area contributed by atoms with E-state index in [1.54, 1.807) is 30.0 Å². The number of hydrogen-bond acceptors (Lipinski definition) is 10. The monoisotopic (exact) mass is 800 g/mol. The van der Waals surface area contributed by atoms with Crippen molar-refractivity contribution in [2.24, 2.45) is 10.9 Å². The molecule has 0 aromatic heterocycles. The van der Waals surface area contributed by atoms with Crippen LogP contribution in [0.2, 0.25) is 0 Å². The second-order valence-corrected chi connectivity index (χ2v) is 16.5. The minimum Gasteiger partial charge on any atom is -0.507 e. The number of unbranched alkanes of at least 4 members (excludes halogenated alkanes) is 13. The average Bonchev–Trinajstić information content (AvgIpc) is 3.53. The number of nitrogens with one attached hydrogen (secondary N) is 2. The van der Waals surface area contributed by atoms with E-state index in [1.165, 1.54) is 70.3 Å². The number of phenols is 1. The number of aliphatic imine (C=N–C) groups is 1. The second kappa shape index (κ2) is 26.3. The van der Waals surface area contributed by atoms with Crippen LogP contribution in [0.5, 0.6) is 5.75 Å². The van der Waals surface area contributed by atoms with Gasteiger partial charge in [-0.25, -0.2) is 14.9 Å². The first-order valence-electron chi connectivity index (χ1n) is 21.9. The number of aromatic hydroxyl groups is 1. The number of carbonyl (C=O) groups is 4. The summed E-state index contributed by atoms with van der Waals surface area (Å²) in [5.41, 5.74) is -0.991. The Bertz CT molecular complexity index is 1410. The Labute approximate surface area is 341 Å². The van der Waals surface area contributed by atoms with E-state index in [-0.39, 0.29) is 61.6 Å². The molecule has 2 aliphatic rings. The number of hydrogen-bond donors (Lipinski definition) is 4. The lowest BCUT2D eigenvalue weighted by molar-refractivity contribution is -0.165. The van der Waals surface area contributed by atoms with Gasteiger partial charge in [0, 0.05) is 39.0 Å². The SMILES string of the molecule is CCCCCCCCCCCCCCCC(=O)N(O)CCCCC(NC(=O)[C@]1(C)COC(c2ccccc2O)=N1)C(=O)OC[C@H](C)CNC1CCCCN(C)C1=O. The van der Waals surface area contributed by atoms with E-state index in [9.17, 15) is 29.5 Å². The van der Waals surface area contributed by atoms with Gasteiger partial charge < -0.3 is 30.1 Å². The number of esters is 1. The molecule has 13 heteroatoms. The summed E-state index contributed by atoms with van der Waals surface area (Å²) in [6.07, 6.45) is 19.9. The number of hydroxylamine groups is 2. The van der Waals surface area contributed by atoms with Crippen molar-refractivity contribution < 1.29 is 39.0 Å². The first-order valence-corrected chi connectivity index (χ1v) is 21.9. The molecule has 0 bridgehead atoms. The lowest BCUT2D eigenvalue weighted by atomic mass is 10.0. The molecule has 0 saturated carbocycles. The number of likely N-dealkylation sites (tertiary alicyclic amines) is 1. The number of rotatable bonds is 28. The van der Waals surface area contributed by atoms with Gasteiger partial charge in [0.1, 0.15) is 18.4 Å². The van der Waals surface area contributed by atoms with E-state index in [2.05, 4.69) is 22.5 Å². The standard InChI is InChI=1S/C44H73N5O8/c1-5-6-7-8-9-10-11-12-13-14-15-16-17-28-39(51)49(55)30-23-21-26-37(42(53)56-32-34(2)31-45-36-25-20-22-29-48(4)41(36)52)46-43(54)44(3)33-57-40(47-44)35-24-18-19-27-38(35)50/h18-19,24,27,34,36-37,45,50,55H,5-17,20-23,25-26,28-33H2,1-4H3,(H,46,54)/t34-,36?,37?,44+/m1/s1. The summed E-state index contributed by atoms with van der Waals surface area (Å²) in [4.78, 5) is 58.6. The highest BCUT2D eigenvalue weighted by Gasteiger charge is 2.42. The summed E-state index contributed by atoms with van der Waals surface area (Å²) in [6.45, 7) is 7.12. The molecule has 1 fully saturated rings. The number of amides is 3. The van der Waals surface area contributed by atoms with Crippen LogP contribution in [0.3, 0.4) is 0 Å². The van der Waals surface area contributed by atoms with E-state index in [1.807, 2.05) is 14.0 Å². The van der Waals surface area contributed by atoms with Crippen molar-refractivity contribution >= 4 is 29.6 Å². The molecule has 3 rings (SSSR count). The number of likely N-dealkylation sites (N-methyl/N-ethyl adjacent to an activating group) is 1. The number of para-hydroxylation sites is 1. The van der Waals surface area contributed by atoms with Crippen LogP contribution < -0.4 is 10.6 Å². The van der Waals surface area contributed by atoms with Gasteiger partial charge >= 0.3 is 5.97 Å². The third-order valence-corrected chi connectivity index (χ3v) is 11.1. The smallest absolute Gasteiger partial charge is 0.328 e. The molecule has 13 nitrogen and oxygen atoms in total. The molecule has 4 N–H and O–H groups in total. The molecule has 0 radical (unpaired) electrons. The average molecular weight is 800 g/mol. The highest BCUT2D eigenvalue weighted by Crippen LogP contribution is 2.26. The van der Waals surface area contributed by atoms with Crippen molar-refractivity contribution in [3.05, 3.63) is 29.8 Å². The van der Waals surface area contributed by atoms with Crippen molar-refractivity contribution in [2.75, 3.05) is 39.9 Å². The van der Waals surface area contributed by atoms with Gasteiger partial charge in [0.05, 0.1) is 18.2 Å². The van der Waals surface area contributed by atoms with Gasteiger partial charge in [-0.1, -0.05) is 103 Å². The van der Waals surface area contributed by atoms with Crippen molar-refractivity contribution in [1.29, 1.82) is 0 Å². The molecule has 1 aromatic rings. The summed E-state index contributed by atoms with van der Waals surface area (Å²) in [5.74, 6) is -1.36. The van der Waals surface area contributed by atoms with Gasteiger partial charge in [0.15, 0.2) is 5.54 Å². The Kier molecular flexibility index (Phi) is 22.0. The number of phenolic OH excluding ortho intramolecular Hbond substituents is 1. The molecule has 1 aromatic carbocycles. The van der Waals surface area contributed by atoms with E-state index in [4.69, 9.17) is 9.47 Å². The van der Waals surface area contributed by atoms with Gasteiger partial charge in [-0.2, -0.15) is 0 Å². The number of nitrogens with zero attached hydrogens (tertiary/aromatic N) is 3. The van der Waals surface area contributed by atoms with E-state index in [0.29, 0.717) is 31.4 Å². The number of ether oxygens (including phenoxy) is 2. The zero-order valence-corrected chi connectivity index (χ0v) is 35.4. The van der Waals surface area contributed by atoms with Crippen LogP contribution in [0.1, 0.15) is 155 Å². The number of benzene rings is 1. The minimum absolute atomic E-state index is 0.0258. The molecule has 2 unspecified atom stereocenters. The molecule has 2 heterocycles. The highest BCUT2D eigenvalue weighted by molar-refractivity contribution is 6.02. The minimum atomic E-state index is -1.35. The van der Waals surface area contributed by atoms with Gasteiger partial charge in [-0.15, -0.1) is 0 Å². The first-order chi connectivity index (χ1) is 27.4. The van der Waals surface area contributed by atoms with Crippen LogP contribution in [0, 0.1) is 5.92 Å². The summed E-state index contributed by atoms with van der Waals surface area (Å²) in [5, 5.41) is 27.6.